The van der Waals surface area contributed by atoms with Crippen LogP contribution in [0.2, 0.25) is 0 Å². The zero-order valence-electron chi connectivity index (χ0n) is 10.9. The molecule has 1 atom stereocenters. The molecule has 20 heavy (non-hydrogen) atoms. The third-order valence-corrected chi connectivity index (χ3v) is 3.94. The van der Waals surface area contributed by atoms with Crippen molar-refractivity contribution in [3.05, 3.63) is 29.2 Å². The summed E-state index contributed by atoms with van der Waals surface area (Å²) < 4.78 is 9.53. The molecule has 2 aromatic rings. The standard InChI is InChI=1S/C12H13N5O2S/c1-8-11(20-16-15-8)12(18)17-5-3-9(6-17)19-10-2-4-13-7-14-10/h2,4,7,9H,3,5-6H2,1H3/t9-/m1/s1. The van der Waals surface area contributed by atoms with Crippen molar-refractivity contribution in [1.29, 1.82) is 0 Å². The summed E-state index contributed by atoms with van der Waals surface area (Å²) in [5, 5.41) is 3.87. The molecule has 0 radical (unpaired) electrons. The summed E-state index contributed by atoms with van der Waals surface area (Å²) in [5.41, 5.74) is 0.681. The van der Waals surface area contributed by atoms with Gasteiger partial charge in [-0.15, -0.1) is 5.10 Å². The van der Waals surface area contributed by atoms with Gasteiger partial charge in [0.15, 0.2) is 0 Å². The second-order valence-electron chi connectivity index (χ2n) is 4.51. The first kappa shape index (κ1) is 12.9. The fraction of sp³-hybridized carbons (Fsp3) is 0.417. The van der Waals surface area contributed by atoms with Crippen molar-refractivity contribution in [3.8, 4) is 5.88 Å². The first-order valence-electron chi connectivity index (χ1n) is 6.25. The molecule has 0 bridgehead atoms. The zero-order valence-corrected chi connectivity index (χ0v) is 11.7. The maximum atomic E-state index is 12.3. The van der Waals surface area contributed by atoms with Crippen LogP contribution in [0.3, 0.4) is 0 Å². The van der Waals surface area contributed by atoms with Crippen LogP contribution in [0.5, 0.6) is 5.88 Å². The van der Waals surface area contributed by atoms with Crippen molar-refractivity contribution in [3.63, 3.8) is 0 Å². The Morgan fingerprint density at radius 2 is 2.45 bits per heavy atom. The molecule has 0 aromatic carbocycles. The molecule has 1 aliphatic heterocycles. The van der Waals surface area contributed by atoms with Crippen molar-refractivity contribution in [1.82, 2.24) is 24.5 Å². The Labute approximate surface area is 119 Å². The minimum atomic E-state index is -0.0324. The fourth-order valence-corrected chi connectivity index (χ4v) is 2.72. The first-order valence-corrected chi connectivity index (χ1v) is 7.02. The van der Waals surface area contributed by atoms with Crippen LogP contribution in [-0.2, 0) is 0 Å². The van der Waals surface area contributed by atoms with Crippen LogP contribution in [0.15, 0.2) is 18.6 Å². The molecule has 2 aromatic heterocycles. The number of rotatable bonds is 3. The molecule has 104 valence electrons. The second-order valence-corrected chi connectivity index (χ2v) is 5.27. The number of aryl methyl sites for hydroxylation is 1. The summed E-state index contributed by atoms with van der Waals surface area (Å²) in [6.07, 6.45) is 3.84. The summed E-state index contributed by atoms with van der Waals surface area (Å²) in [4.78, 5) is 22.5. The number of nitrogens with zero attached hydrogens (tertiary/aromatic N) is 5. The van der Waals surface area contributed by atoms with E-state index in [0.29, 0.717) is 29.5 Å². The van der Waals surface area contributed by atoms with Gasteiger partial charge < -0.3 is 9.64 Å². The number of ether oxygens (including phenoxy) is 1. The molecule has 1 amide bonds. The molecule has 0 spiro atoms. The van der Waals surface area contributed by atoms with E-state index in [1.54, 1.807) is 24.1 Å². The smallest absolute Gasteiger partial charge is 0.267 e. The van der Waals surface area contributed by atoms with E-state index in [2.05, 4.69) is 19.6 Å². The number of hydrogen-bond acceptors (Lipinski definition) is 7. The lowest BCUT2D eigenvalue weighted by Gasteiger charge is -2.16. The minimum Gasteiger partial charge on any atom is -0.472 e. The molecule has 0 N–H and O–H groups in total. The predicted molar refractivity (Wildman–Crippen MR) is 71.6 cm³/mol. The van der Waals surface area contributed by atoms with Gasteiger partial charge >= 0.3 is 0 Å². The number of aromatic nitrogens is 4. The summed E-state index contributed by atoms with van der Waals surface area (Å²) in [7, 11) is 0. The van der Waals surface area contributed by atoms with Crippen molar-refractivity contribution in [2.75, 3.05) is 13.1 Å². The Morgan fingerprint density at radius 1 is 1.55 bits per heavy atom. The maximum absolute atomic E-state index is 12.3. The zero-order chi connectivity index (χ0) is 13.9. The molecule has 0 unspecified atom stereocenters. The Kier molecular flexibility index (Phi) is 3.55. The average molecular weight is 291 g/mol. The summed E-state index contributed by atoms with van der Waals surface area (Å²) in [5.74, 6) is 0.515. The summed E-state index contributed by atoms with van der Waals surface area (Å²) in [6, 6.07) is 1.71. The van der Waals surface area contributed by atoms with Crippen LogP contribution < -0.4 is 4.74 Å². The van der Waals surface area contributed by atoms with Gasteiger partial charge in [-0.05, 0) is 18.5 Å². The topological polar surface area (TPSA) is 81.1 Å². The van der Waals surface area contributed by atoms with Crippen molar-refractivity contribution < 1.29 is 9.53 Å². The minimum absolute atomic E-state index is 0.0220. The summed E-state index contributed by atoms with van der Waals surface area (Å²) in [6.45, 7) is 3.02. The van der Waals surface area contributed by atoms with Crippen molar-refractivity contribution in [2.24, 2.45) is 0 Å². The highest BCUT2D eigenvalue weighted by Crippen LogP contribution is 2.20. The van der Waals surface area contributed by atoms with Crippen molar-refractivity contribution in [2.45, 2.75) is 19.4 Å². The third-order valence-electron chi connectivity index (χ3n) is 3.12. The van der Waals surface area contributed by atoms with Gasteiger partial charge in [0.2, 0.25) is 5.88 Å². The Morgan fingerprint density at radius 3 is 3.15 bits per heavy atom. The number of carbonyl (C=O) groups is 1. The molecule has 3 heterocycles. The highest BCUT2D eigenvalue weighted by Gasteiger charge is 2.30. The van der Waals surface area contributed by atoms with E-state index in [1.807, 2.05) is 0 Å². The van der Waals surface area contributed by atoms with Crippen LogP contribution in [0.1, 0.15) is 21.8 Å². The second kappa shape index (κ2) is 5.49. The lowest BCUT2D eigenvalue weighted by atomic mass is 10.3. The number of carbonyl (C=O) groups excluding carboxylic acids is 1. The molecule has 3 rings (SSSR count). The highest BCUT2D eigenvalue weighted by atomic mass is 32.1. The lowest BCUT2D eigenvalue weighted by Crippen LogP contribution is -2.30. The van der Waals surface area contributed by atoms with E-state index in [0.717, 1.165) is 18.0 Å². The van der Waals surface area contributed by atoms with Gasteiger partial charge in [-0.25, -0.2) is 9.97 Å². The van der Waals surface area contributed by atoms with Crippen LogP contribution in [0.25, 0.3) is 0 Å². The quantitative estimate of drug-likeness (QED) is 0.837. The first-order chi connectivity index (χ1) is 9.74. The van der Waals surface area contributed by atoms with E-state index >= 15 is 0 Å². The van der Waals surface area contributed by atoms with Crippen LogP contribution in [0, 0.1) is 6.92 Å². The molecule has 8 heteroatoms. The van der Waals surface area contributed by atoms with Gasteiger partial charge in [-0.1, -0.05) is 4.49 Å². The molecule has 1 aliphatic rings. The number of likely N-dealkylation sites (tertiary alicyclic amines) is 1. The predicted octanol–water partition coefficient (Wildman–Crippen LogP) is 0.930. The SMILES string of the molecule is Cc1nnsc1C(=O)N1CC[C@@H](Oc2ccncn2)C1. The lowest BCUT2D eigenvalue weighted by molar-refractivity contribution is 0.0775. The molecule has 1 saturated heterocycles. The Bertz CT molecular complexity index is 603. The molecular weight excluding hydrogens is 278 g/mol. The van der Waals surface area contributed by atoms with E-state index in [4.69, 9.17) is 4.74 Å². The maximum Gasteiger partial charge on any atom is 0.267 e. The highest BCUT2D eigenvalue weighted by molar-refractivity contribution is 7.07. The summed E-state index contributed by atoms with van der Waals surface area (Å²) >= 11 is 1.14. The van der Waals surface area contributed by atoms with E-state index in [1.165, 1.54) is 6.33 Å². The molecule has 0 saturated carbocycles. The number of amides is 1. The fourth-order valence-electron chi connectivity index (χ4n) is 2.10. The van der Waals surface area contributed by atoms with Crippen LogP contribution >= 0.6 is 11.5 Å². The van der Waals surface area contributed by atoms with Crippen LogP contribution in [0.4, 0.5) is 0 Å². The monoisotopic (exact) mass is 291 g/mol. The van der Waals surface area contributed by atoms with E-state index < -0.39 is 0 Å². The number of hydrogen-bond donors (Lipinski definition) is 0. The van der Waals surface area contributed by atoms with E-state index in [9.17, 15) is 4.79 Å². The molecule has 0 aliphatic carbocycles. The molecule has 7 nitrogen and oxygen atoms in total. The van der Waals surface area contributed by atoms with Gasteiger partial charge in [0.25, 0.3) is 5.91 Å². The average Bonchev–Trinajstić information content (AvgIpc) is 3.08. The third kappa shape index (κ3) is 2.60. The van der Waals surface area contributed by atoms with Gasteiger partial charge in [-0.3, -0.25) is 4.79 Å². The largest absolute Gasteiger partial charge is 0.472 e. The molecular formula is C12H13N5O2S. The van der Waals surface area contributed by atoms with Gasteiger partial charge in [0.1, 0.15) is 17.3 Å². The molecule has 1 fully saturated rings. The van der Waals surface area contributed by atoms with Gasteiger partial charge in [0, 0.05) is 25.2 Å². The Hall–Kier alpha value is -2.09. The van der Waals surface area contributed by atoms with E-state index in [-0.39, 0.29) is 12.0 Å². The Balaban J connectivity index is 1.62. The van der Waals surface area contributed by atoms with Crippen molar-refractivity contribution >= 4 is 17.4 Å². The normalized spacial score (nSPS) is 18.2. The van der Waals surface area contributed by atoms with Gasteiger partial charge in [0.05, 0.1) is 12.2 Å². The van der Waals surface area contributed by atoms with Gasteiger partial charge in [-0.2, -0.15) is 0 Å². The van der Waals surface area contributed by atoms with Crippen LogP contribution in [-0.4, -0.2) is 49.6 Å².